The molecule has 2 rings (SSSR count). The molecule has 0 radical (unpaired) electrons. The second-order valence-electron chi connectivity index (χ2n) is 2.38. The van der Waals surface area contributed by atoms with Crippen LogP contribution in [0.25, 0.3) is 10.8 Å². The summed E-state index contributed by atoms with van der Waals surface area (Å²) in [5.41, 5.74) is 0. The first-order chi connectivity index (χ1) is 7.88. The van der Waals surface area contributed by atoms with Crippen molar-refractivity contribution in [3.8, 4) is 0 Å². The Balaban J connectivity index is 0. The van der Waals surface area contributed by atoms with Gasteiger partial charge in [-0.25, -0.2) is 0 Å². The van der Waals surface area contributed by atoms with Crippen LogP contribution >= 0.6 is 11.3 Å². The molecule has 92 valence electrons. The Kier molecular flexibility index (Phi) is 13.5. The molecule has 2 aromatic rings. The Morgan fingerprint density at radius 1 is 0.812 bits per heavy atom. The highest BCUT2D eigenvalue weighted by Crippen LogP contribution is 2.23. The fourth-order valence-electron chi connectivity index (χ4n) is 1.14. The molecule has 0 fully saturated rings. The molecule has 0 aliphatic rings. The van der Waals surface area contributed by atoms with E-state index in [1.54, 1.807) is 0 Å². The van der Waals surface area contributed by atoms with Gasteiger partial charge in [0.15, 0.2) is 0 Å². The van der Waals surface area contributed by atoms with Gasteiger partial charge in [-0.05, 0) is 23.1 Å². The predicted octanol–water partition coefficient (Wildman–Crippen LogP) is 6.29. The minimum absolute atomic E-state index is 1.37. The van der Waals surface area contributed by atoms with Gasteiger partial charge in [-0.15, -0.1) is 11.3 Å². The van der Waals surface area contributed by atoms with Crippen LogP contribution in [0.3, 0.4) is 0 Å². The zero-order valence-corrected chi connectivity index (χ0v) is 12.6. The van der Waals surface area contributed by atoms with E-state index in [1.165, 1.54) is 15.6 Å². The highest BCUT2D eigenvalue weighted by Gasteiger charge is 1.95. The molecule has 0 aliphatic heterocycles. The van der Waals surface area contributed by atoms with Crippen LogP contribution < -0.4 is 0 Å². The minimum atomic E-state index is 1.37. The summed E-state index contributed by atoms with van der Waals surface area (Å²) < 4.78 is 0. The van der Waals surface area contributed by atoms with Crippen molar-refractivity contribution in [2.24, 2.45) is 0 Å². The van der Waals surface area contributed by atoms with E-state index in [-0.39, 0.29) is 0 Å². The van der Waals surface area contributed by atoms with Crippen molar-refractivity contribution < 1.29 is 0 Å². The lowest BCUT2D eigenvalue weighted by atomic mass is 10.2. The first-order valence-electron chi connectivity index (χ1n) is 6.31. The molecule has 1 heterocycles. The maximum atomic E-state index is 2.20. The molecule has 1 heteroatoms. The van der Waals surface area contributed by atoms with Gasteiger partial charge in [0.05, 0.1) is 0 Å². The second kappa shape index (κ2) is 12.3. The van der Waals surface area contributed by atoms with Gasteiger partial charge in [-0.1, -0.05) is 65.8 Å². The van der Waals surface area contributed by atoms with Crippen molar-refractivity contribution in [3.63, 3.8) is 0 Å². The molecule has 0 aliphatic carbocycles. The van der Waals surface area contributed by atoms with Crippen LogP contribution in [0.5, 0.6) is 0 Å². The number of rotatable bonds is 0. The molecule has 0 saturated carbocycles. The maximum absolute atomic E-state index is 2.20. The molecule has 0 spiro atoms. The molecular formula is C15H26S. The normalized spacial score (nSPS) is 7.69. The quantitative estimate of drug-likeness (QED) is 0.506. The molecule has 0 amide bonds. The first kappa shape index (κ1) is 17.6. The Hall–Kier alpha value is -0.820. The van der Waals surface area contributed by atoms with Crippen molar-refractivity contribution in [1.82, 2.24) is 0 Å². The van der Waals surface area contributed by atoms with Gasteiger partial charge in [-0.2, -0.15) is 0 Å². The molecule has 1 aromatic carbocycles. The van der Waals surface area contributed by atoms with Gasteiger partial charge >= 0.3 is 0 Å². The smallest absolute Gasteiger partial charge is 0.00927 e. The van der Waals surface area contributed by atoms with Crippen LogP contribution in [0, 0.1) is 6.92 Å². The van der Waals surface area contributed by atoms with E-state index in [4.69, 9.17) is 0 Å². The third kappa shape index (κ3) is 5.32. The maximum Gasteiger partial charge on any atom is 0.00927 e. The van der Waals surface area contributed by atoms with E-state index in [0.29, 0.717) is 0 Å². The lowest BCUT2D eigenvalue weighted by Gasteiger charge is -1.86. The number of hydrogen-bond acceptors (Lipinski definition) is 1. The predicted molar refractivity (Wildman–Crippen MR) is 80.6 cm³/mol. The van der Waals surface area contributed by atoms with Gasteiger partial charge in [0.1, 0.15) is 0 Å². The van der Waals surface area contributed by atoms with Crippen molar-refractivity contribution >= 4 is 22.1 Å². The summed E-state index contributed by atoms with van der Waals surface area (Å²) in [5.74, 6) is 0. The Morgan fingerprint density at radius 3 is 1.81 bits per heavy atom. The second-order valence-corrected chi connectivity index (χ2v) is 3.46. The van der Waals surface area contributed by atoms with Gasteiger partial charge in [0.25, 0.3) is 0 Å². The summed E-state index contributed by atoms with van der Waals surface area (Å²) >= 11 is 1.82. The zero-order valence-electron chi connectivity index (χ0n) is 11.8. The topological polar surface area (TPSA) is 0 Å². The van der Waals surface area contributed by atoms with Crippen molar-refractivity contribution in [2.45, 2.75) is 48.5 Å². The van der Waals surface area contributed by atoms with Crippen LogP contribution in [0.1, 0.15) is 46.4 Å². The number of aryl methyl sites for hydroxylation is 1. The Morgan fingerprint density at radius 2 is 1.31 bits per heavy atom. The number of fused-ring (bicyclic) bond motifs is 1. The van der Waals surface area contributed by atoms with Crippen LogP contribution in [-0.4, -0.2) is 0 Å². The monoisotopic (exact) mass is 238 g/mol. The molecule has 0 atom stereocenters. The van der Waals surface area contributed by atoms with Crippen molar-refractivity contribution in [2.75, 3.05) is 0 Å². The van der Waals surface area contributed by atoms with Gasteiger partial charge in [-0.3, -0.25) is 0 Å². The van der Waals surface area contributed by atoms with Gasteiger partial charge in [0, 0.05) is 4.88 Å². The SMILES string of the molecule is CC.CC.CC.Cc1scc2ccccc12. The van der Waals surface area contributed by atoms with Crippen LogP contribution in [0.4, 0.5) is 0 Å². The number of benzene rings is 1. The molecular weight excluding hydrogens is 212 g/mol. The van der Waals surface area contributed by atoms with E-state index in [9.17, 15) is 0 Å². The van der Waals surface area contributed by atoms with E-state index in [2.05, 4.69) is 36.6 Å². The standard InChI is InChI=1S/C9H8S.3C2H6/c1-7-9-5-3-2-4-8(9)6-10-7;3*1-2/h2-6H,1H3;3*1-2H3. The van der Waals surface area contributed by atoms with Crippen molar-refractivity contribution in [3.05, 3.63) is 34.5 Å². The number of hydrogen-bond donors (Lipinski definition) is 0. The largest absolute Gasteiger partial charge is 0.148 e. The highest BCUT2D eigenvalue weighted by molar-refractivity contribution is 7.11. The third-order valence-electron chi connectivity index (χ3n) is 1.70. The summed E-state index contributed by atoms with van der Waals surface area (Å²) in [6, 6.07) is 8.48. The van der Waals surface area contributed by atoms with Crippen LogP contribution in [-0.2, 0) is 0 Å². The molecule has 0 nitrogen and oxygen atoms in total. The molecule has 0 saturated heterocycles. The first-order valence-corrected chi connectivity index (χ1v) is 7.19. The van der Waals surface area contributed by atoms with E-state index in [1.807, 2.05) is 52.9 Å². The fourth-order valence-corrected chi connectivity index (χ4v) is 1.96. The summed E-state index contributed by atoms with van der Waals surface area (Å²) in [4.78, 5) is 1.41. The van der Waals surface area contributed by atoms with Crippen LogP contribution in [0.15, 0.2) is 29.6 Å². The summed E-state index contributed by atoms with van der Waals surface area (Å²) in [6.45, 7) is 14.2. The van der Waals surface area contributed by atoms with E-state index in [0.717, 1.165) is 0 Å². The number of thiophene rings is 1. The van der Waals surface area contributed by atoms with Gasteiger partial charge < -0.3 is 0 Å². The molecule has 0 bridgehead atoms. The lowest BCUT2D eigenvalue weighted by molar-refractivity contribution is 1.50. The Bertz CT molecular complexity index is 347. The lowest BCUT2D eigenvalue weighted by Crippen LogP contribution is -1.63. The summed E-state index contributed by atoms with van der Waals surface area (Å²) in [7, 11) is 0. The van der Waals surface area contributed by atoms with Crippen LogP contribution in [0.2, 0.25) is 0 Å². The van der Waals surface area contributed by atoms with Gasteiger partial charge in [0.2, 0.25) is 0 Å². The minimum Gasteiger partial charge on any atom is -0.148 e. The summed E-state index contributed by atoms with van der Waals surface area (Å²) in [6.07, 6.45) is 0. The third-order valence-corrected chi connectivity index (χ3v) is 2.65. The van der Waals surface area contributed by atoms with E-state index < -0.39 is 0 Å². The summed E-state index contributed by atoms with van der Waals surface area (Å²) in [5, 5.41) is 4.96. The molecule has 1 aromatic heterocycles. The average molecular weight is 238 g/mol. The Labute approximate surface area is 105 Å². The molecule has 16 heavy (non-hydrogen) atoms. The molecule has 0 N–H and O–H groups in total. The van der Waals surface area contributed by atoms with Crippen molar-refractivity contribution in [1.29, 1.82) is 0 Å². The molecule has 0 unspecified atom stereocenters. The highest BCUT2D eigenvalue weighted by atomic mass is 32.1. The van der Waals surface area contributed by atoms with E-state index >= 15 is 0 Å². The zero-order chi connectivity index (χ0) is 13.0. The average Bonchev–Trinajstić information content (AvgIpc) is 2.79. The fraction of sp³-hybridized carbons (Fsp3) is 0.467.